The minimum Gasteiger partial charge on any atom is -0.444 e. The molecule has 2 amide bonds. The van der Waals surface area contributed by atoms with Crippen molar-refractivity contribution in [2.24, 2.45) is 0 Å². The summed E-state index contributed by atoms with van der Waals surface area (Å²) in [7, 11) is 0. The van der Waals surface area contributed by atoms with Crippen LogP contribution in [0, 0.1) is 6.92 Å². The molecule has 0 spiro atoms. The number of aryl methyl sites for hydroxylation is 1. The molecule has 0 atom stereocenters. The van der Waals surface area contributed by atoms with Crippen molar-refractivity contribution in [1.82, 2.24) is 9.80 Å². The summed E-state index contributed by atoms with van der Waals surface area (Å²) >= 11 is 1.55. The van der Waals surface area contributed by atoms with Gasteiger partial charge >= 0.3 is 6.09 Å². The van der Waals surface area contributed by atoms with Crippen LogP contribution in [-0.2, 0) is 9.53 Å². The number of amides is 2. The van der Waals surface area contributed by atoms with Crippen LogP contribution in [0.4, 0.5) is 4.79 Å². The molecule has 24 heavy (non-hydrogen) atoms. The standard InChI is InChI=1S/C18H26N2O3S/c1-14-5-7-15(8-6-14)24-13-16(21)19-9-11-20(12-10-19)17(22)23-18(2,3)4/h5-8H,9-13H2,1-4H3. The predicted octanol–water partition coefficient (Wildman–Crippen LogP) is 3.17. The minimum atomic E-state index is -0.491. The average Bonchev–Trinajstić information content (AvgIpc) is 2.52. The van der Waals surface area contributed by atoms with Crippen molar-refractivity contribution in [2.45, 2.75) is 38.2 Å². The highest BCUT2D eigenvalue weighted by Gasteiger charge is 2.27. The van der Waals surface area contributed by atoms with Crippen molar-refractivity contribution in [3.05, 3.63) is 29.8 Å². The van der Waals surface area contributed by atoms with Crippen LogP contribution in [0.25, 0.3) is 0 Å². The van der Waals surface area contributed by atoms with E-state index in [0.717, 1.165) is 4.90 Å². The second kappa shape index (κ2) is 7.92. The fourth-order valence-corrected chi connectivity index (χ4v) is 3.14. The highest BCUT2D eigenvalue weighted by molar-refractivity contribution is 8.00. The molecule has 0 radical (unpaired) electrons. The number of benzene rings is 1. The van der Waals surface area contributed by atoms with Crippen LogP contribution in [0.3, 0.4) is 0 Å². The van der Waals surface area contributed by atoms with E-state index in [9.17, 15) is 9.59 Å². The molecule has 0 saturated carbocycles. The molecule has 0 N–H and O–H groups in total. The number of rotatable bonds is 3. The number of hydrogen-bond acceptors (Lipinski definition) is 4. The van der Waals surface area contributed by atoms with Gasteiger partial charge in [-0.1, -0.05) is 17.7 Å². The third-order valence-corrected chi connectivity index (χ3v) is 4.66. The van der Waals surface area contributed by atoms with E-state index in [1.54, 1.807) is 16.7 Å². The van der Waals surface area contributed by atoms with E-state index < -0.39 is 5.60 Å². The summed E-state index contributed by atoms with van der Waals surface area (Å²) in [6.07, 6.45) is -0.302. The first-order valence-corrected chi connectivity index (χ1v) is 9.18. The first-order chi connectivity index (χ1) is 11.2. The lowest BCUT2D eigenvalue weighted by atomic mass is 10.2. The third-order valence-electron chi connectivity index (χ3n) is 3.67. The van der Waals surface area contributed by atoms with Gasteiger partial charge in [-0.3, -0.25) is 4.79 Å². The zero-order valence-corrected chi connectivity index (χ0v) is 15.7. The molecule has 1 aromatic rings. The largest absolute Gasteiger partial charge is 0.444 e. The van der Waals surface area contributed by atoms with E-state index in [1.165, 1.54) is 5.56 Å². The average molecular weight is 350 g/mol. The maximum Gasteiger partial charge on any atom is 0.410 e. The molecule has 1 aliphatic heterocycles. The highest BCUT2D eigenvalue weighted by Crippen LogP contribution is 2.19. The molecule has 1 aromatic carbocycles. The molecule has 1 aliphatic rings. The molecule has 0 bridgehead atoms. The molecule has 0 aliphatic carbocycles. The van der Waals surface area contributed by atoms with Crippen molar-refractivity contribution in [3.8, 4) is 0 Å². The summed E-state index contributed by atoms with van der Waals surface area (Å²) in [4.78, 5) is 28.9. The topological polar surface area (TPSA) is 49.9 Å². The molecule has 6 heteroatoms. The van der Waals surface area contributed by atoms with Gasteiger partial charge in [-0.05, 0) is 39.8 Å². The maximum atomic E-state index is 12.3. The number of piperazine rings is 1. The van der Waals surface area contributed by atoms with E-state index >= 15 is 0 Å². The van der Waals surface area contributed by atoms with Gasteiger partial charge in [0.05, 0.1) is 5.75 Å². The van der Waals surface area contributed by atoms with E-state index in [2.05, 4.69) is 0 Å². The SMILES string of the molecule is Cc1ccc(SCC(=O)N2CCN(C(=O)OC(C)(C)C)CC2)cc1. The number of hydrogen-bond donors (Lipinski definition) is 0. The summed E-state index contributed by atoms with van der Waals surface area (Å²) in [6, 6.07) is 8.17. The Labute approximate surface area is 148 Å². The van der Waals surface area contributed by atoms with E-state index in [4.69, 9.17) is 4.74 Å². The summed E-state index contributed by atoms with van der Waals surface area (Å²) in [5.41, 5.74) is 0.721. The van der Waals surface area contributed by atoms with Crippen LogP contribution in [-0.4, -0.2) is 59.3 Å². The Morgan fingerprint density at radius 3 is 2.12 bits per heavy atom. The highest BCUT2D eigenvalue weighted by atomic mass is 32.2. The zero-order valence-electron chi connectivity index (χ0n) is 14.9. The Kier molecular flexibility index (Phi) is 6.15. The lowest BCUT2D eigenvalue weighted by Gasteiger charge is -2.35. The Balaban J connectivity index is 1.76. The summed E-state index contributed by atoms with van der Waals surface area (Å²) in [6.45, 7) is 9.78. The number of ether oxygens (including phenoxy) is 1. The van der Waals surface area contributed by atoms with Gasteiger partial charge in [0, 0.05) is 31.1 Å². The van der Waals surface area contributed by atoms with Crippen molar-refractivity contribution >= 4 is 23.8 Å². The smallest absolute Gasteiger partial charge is 0.410 e. The van der Waals surface area contributed by atoms with Crippen LogP contribution in [0.5, 0.6) is 0 Å². The molecular formula is C18H26N2O3S. The molecule has 0 unspecified atom stereocenters. The summed E-state index contributed by atoms with van der Waals surface area (Å²) < 4.78 is 5.37. The zero-order chi connectivity index (χ0) is 17.7. The third kappa shape index (κ3) is 5.74. The number of thioether (sulfide) groups is 1. The summed E-state index contributed by atoms with van der Waals surface area (Å²) in [5, 5.41) is 0. The van der Waals surface area contributed by atoms with Gasteiger partial charge in [-0.15, -0.1) is 11.8 Å². The number of carbonyl (C=O) groups excluding carboxylic acids is 2. The molecule has 1 saturated heterocycles. The molecule has 132 valence electrons. The Morgan fingerprint density at radius 1 is 1.04 bits per heavy atom. The molecule has 1 fully saturated rings. The Morgan fingerprint density at radius 2 is 1.58 bits per heavy atom. The second-order valence-corrected chi connectivity index (χ2v) is 8.00. The van der Waals surface area contributed by atoms with E-state index in [-0.39, 0.29) is 12.0 Å². The van der Waals surface area contributed by atoms with Gasteiger partial charge in [0.1, 0.15) is 5.60 Å². The van der Waals surface area contributed by atoms with Crippen LogP contribution in [0.15, 0.2) is 29.2 Å². The van der Waals surface area contributed by atoms with E-state index in [1.807, 2.05) is 56.9 Å². The summed E-state index contributed by atoms with van der Waals surface area (Å²) in [5.74, 6) is 0.541. The van der Waals surface area contributed by atoms with Gasteiger partial charge in [0.15, 0.2) is 0 Å². The number of carbonyl (C=O) groups is 2. The maximum absolute atomic E-state index is 12.3. The van der Waals surface area contributed by atoms with Crippen molar-refractivity contribution < 1.29 is 14.3 Å². The quantitative estimate of drug-likeness (QED) is 0.786. The van der Waals surface area contributed by atoms with Crippen LogP contribution >= 0.6 is 11.8 Å². The molecule has 2 rings (SSSR count). The second-order valence-electron chi connectivity index (χ2n) is 6.95. The van der Waals surface area contributed by atoms with Crippen molar-refractivity contribution in [1.29, 1.82) is 0 Å². The normalized spacial score (nSPS) is 15.3. The lowest BCUT2D eigenvalue weighted by molar-refractivity contribution is -0.130. The fourth-order valence-electron chi connectivity index (χ4n) is 2.34. The van der Waals surface area contributed by atoms with Crippen molar-refractivity contribution in [2.75, 3.05) is 31.9 Å². The first kappa shape index (κ1) is 18.6. The van der Waals surface area contributed by atoms with Gasteiger partial charge in [-0.2, -0.15) is 0 Å². The van der Waals surface area contributed by atoms with E-state index in [0.29, 0.717) is 31.9 Å². The Bertz CT molecular complexity index is 573. The van der Waals surface area contributed by atoms with Crippen molar-refractivity contribution in [3.63, 3.8) is 0 Å². The van der Waals surface area contributed by atoms with Gasteiger partial charge in [-0.25, -0.2) is 4.79 Å². The van der Waals surface area contributed by atoms with Gasteiger partial charge in [0.2, 0.25) is 5.91 Å². The molecule has 1 heterocycles. The van der Waals surface area contributed by atoms with Crippen LogP contribution in [0.1, 0.15) is 26.3 Å². The Hall–Kier alpha value is -1.69. The first-order valence-electron chi connectivity index (χ1n) is 8.20. The number of nitrogens with zero attached hydrogens (tertiary/aromatic N) is 2. The fraction of sp³-hybridized carbons (Fsp3) is 0.556. The lowest BCUT2D eigenvalue weighted by Crippen LogP contribution is -2.52. The predicted molar refractivity (Wildman–Crippen MR) is 96.3 cm³/mol. The van der Waals surface area contributed by atoms with Crippen LogP contribution < -0.4 is 0 Å². The van der Waals surface area contributed by atoms with Gasteiger partial charge < -0.3 is 14.5 Å². The van der Waals surface area contributed by atoms with Crippen LogP contribution in [0.2, 0.25) is 0 Å². The molecule has 0 aromatic heterocycles. The monoisotopic (exact) mass is 350 g/mol. The molecular weight excluding hydrogens is 324 g/mol. The van der Waals surface area contributed by atoms with Gasteiger partial charge in [0.25, 0.3) is 0 Å². The minimum absolute atomic E-state index is 0.115. The molecule has 5 nitrogen and oxygen atoms in total.